The van der Waals surface area contributed by atoms with E-state index in [9.17, 15) is 4.79 Å². The van der Waals surface area contributed by atoms with Crippen LogP contribution >= 0.6 is 11.3 Å². The van der Waals surface area contributed by atoms with Gasteiger partial charge in [0.25, 0.3) is 0 Å². The smallest absolute Gasteiger partial charge is 0.203 e. The van der Waals surface area contributed by atoms with Gasteiger partial charge in [-0.1, -0.05) is 0 Å². The van der Waals surface area contributed by atoms with Gasteiger partial charge in [-0.2, -0.15) is 11.3 Å². The van der Waals surface area contributed by atoms with E-state index in [0.717, 1.165) is 0 Å². The van der Waals surface area contributed by atoms with Crippen molar-refractivity contribution in [3.05, 3.63) is 40.1 Å². The fourth-order valence-electron chi connectivity index (χ4n) is 1.77. The fourth-order valence-corrected chi connectivity index (χ4v) is 2.41. The second-order valence-corrected chi connectivity index (χ2v) is 4.54. The highest BCUT2D eigenvalue weighted by Crippen LogP contribution is 2.38. The van der Waals surface area contributed by atoms with Crippen molar-refractivity contribution in [2.75, 3.05) is 21.3 Å². The van der Waals surface area contributed by atoms with Crippen molar-refractivity contribution < 1.29 is 19.0 Å². The van der Waals surface area contributed by atoms with E-state index in [2.05, 4.69) is 0 Å². The van der Waals surface area contributed by atoms with Gasteiger partial charge in [0.15, 0.2) is 17.3 Å². The predicted octanol–water partition coefficient (Wildman–Crippen LogP) is 3.00. The van der Waals surface area contributed by atoms with E-state index in [0.29, 0.717) is 28.4 Å². The molecule has 0 spiro atoms. The molecule has 0 unspecified atom stereocenters. The van der Waals surface area contributed by atoms with Crippen LogP contribution < -0.4 is 14.2 Å². The molecule has 4 nitrogen and oxygen atoms in total. The molecule has 2 aromatic rings. The maximum atomic E-state index is 12.3. The van der Waals surface area contributed by atoms with Crippen molar-refractivity contribution in [1.82, 2.24) is 0 Å². The van der Waals surface area contributed by atoms with Crippen LogP contribution in [0.15, 0.2) is 29.0 Å². The molecule has 0 bridgehead atoms. The molecule has 5 heteroatoms. The number of rotatable bonds is 5. The highest BCUT2D eigenvalue weighted by molar-refractivity contribution is 7.08. The van der Waals surface area contributed by atoms with Gasteiger partial charge in [-0.3, -0.25) is 4.79 Å². The van der Waals surface area contributed by atoms with E-state index in [1.165, 1.54) is 32.7 Å². The maximum absolute atomic E-state index is 12.3. The summed E-state index contributed by atoms with van der Waals surface area (Å²) in [6.07, 6.45) is 0. The molecule has 100 valence electrons. The number of benzene rings is 1. The largest absolute Gasteiger partial charge is 0.493 e. The van der Waals surface area contributed by atoms with Crippen LogP contribution in [0.3, 0.4) is 0 Å². The molecule has 0 N–H and O–H groups in total. The van der Waals surface area contributed by atoms with Crippen LogP contribution in [0, 0.1) is 0 Å². The number of methoxy groups -OCH3 is 3. The molecule has 1 heterocycles. The average molecular weight is 278 g/mol. The Morgan fingerprint density at radius 1 is 1.00 bits per heavy atom. The van der Waals surface area contributed by atoms with Crippen LogP contribution in [0.25, 0.3) is 0 Å². The Kier molecular flexibility index (Phi) is 4.06. The minimum atomic E-state index is -0.0690. The molecule has 0 amide bonds. The molecular weight excluding hydrogens is 264 g/mol. The summed E-state index contributed by atoms with van der Waals surface area (Å²) in [6.45, 7) is 0. The number of hydrogen-bond acceptors (Lipinski definition) is 5. The molecule has 0 radical (unpaired) electrons. The first-order valence-electron chi connectivity index (χ1n) is 5.58. The zero-order valence-corrected chi connectivity index (χ0v) is 11.7. The number of carbonyl (C=O) groups is 1. The first-order chi connectivity index (χ1) is 9.21. The number of ketones is 1. The lowest BCUT2D eigenvalue weighted by Gasteiger charge is -2.13. The van der Waals surface area contributed by atoms with Crippen LogP contribution in [0.1, 0.15) is 15.9 Å². The summed E-state index contributed by atoms with van der Waals surface area (Å²) in [5, 5.41) is 3.68. The maximum Gasteiger partial charge on any atom is 0.203 e. The lowest BCUT2D eigenvalue weighted by atomic mass is 10.0. The average Bonchev–Trinajstić information content (AvgIpc) is 2.98. The minimum absolute atomic E-state index is 0.0690. The molecule has 1 aromatic heterocycles. The van der Waals surface area contributed by atoms with Crippen molar-refractivity contribution in [1.29, 1.82) is 0 Å². The van der Waals surface area contributed by atoms with Crippen LogP contribution in [0.2, 0.25) is 0 Å². The third-order valence-corrected chi connectivity index (χ3v) is 3.39. The van der Waals surface area contributed by atoms with Gasteiger partial charge in [-0.05, 0) is 23.6 Å². The zero-order chi connectivity index (χ0) is 13.8. The van der Waals surface area contributed by atoms with E-state index in [-0.39, 0.29) is 5.78 Å². The molecule has 19 heavy (non-hydrogen) atoms. The molecule has 0 saturated carbocycles. The van der Waals surface area contributed by atoms with Gasteiger partial charge >= 0.3 is 0 Å². The Hall–Kier alpha value is -2.01. The van der Waals surface area contributed by atoms with Crippen LogP contribution in [0.5, 0.6) is 17.2 Å². The van der Waals surface area contributed by atoms with E-state index >= 15 is 0 Å². The summed E-state index contributed by atoms with van der Waals surface area (Å²) in [5.41, 5.74) is 1.16. The van der Waals surface area contributed by atoms with E-state index in [1.54, 1.807) is 18.2 Å². The highest BCUT2D eigenvalue weighted by atomic mass is 32.1. The van der Waals surface area contributed by atoms with Crippen LogP contribution in [-0.2, 0) is 0 Å². The summed E-state index contributed by atoms with van der Waals surface area (Å²) in [4.78, 5) is 12.3. The topological polar surface area (TPSA) is 44.8 Å². The minimum Gasteiger partial charge on any atom is -0.493 e. The number of ether oxygens (including phenoxy) is 3. The monoisotopic (exact) mass is 278 g/mol. The summed E-state index contributed by atoms with van der Waals surface area (Å²) >= 11 is 1.48. The van der Waals surface area contributed by atoms with Crippen LogP contribution in [0.4, 0.5) is 0 Å². The van der Waals surface area contributed by atoms with Crippen molar-refractivity contribution in [3.8, 4) is 17.2 Å². The van der Waals surface area contributed by atoms with Gasteiger partial charge in [0.2, 0.25) is 5.75 Å². The zero-order valence-electron chi connectivity index (χ0n) is 10.9. The lowest BCUT2D eigenvalue weighted by molar-refractivity contribution is 0.103. The van der Waals surface area contributed by atoms with E-state index in [1.807, 2.05) is 10.8 Å². The standard InChI is InChI=1S/C14H14O4S/c1-16-11-6-10(7-12(17-2)14(11)18-3)13(15)9-4-5-19-8-9/h4-8H,1-3H3. The SMILES string of the molecule is COc1cc(C(=O)c2ccsc2)cc(OC)c1OC. The quantitative estimate of drug-likeness (QED) is 0.789. The Morgan fingerprint density at radius 3 is 2.05 bits per heavy atom. The van der Waals surface area contributed by atoms with Gasteiger partial charge < -0.3 is 14.2 Å². The number of thiophene rings is 1. The Morgan fingerprint density at radius 2 is 1.63 bits per heavy atom. The normalized spacial score (nSPS) is 10.1. The van der Waals surface area contributed by atoms with Gasteiger partial charge in [0.1, 0.15) is 0 Å². The van der Waals surface area contributed by atoms with Crippen LogP contribution in [-0.4, -0.2) is 27.1 Å². The predicted molar refractivity (Wildman–Crippen MR) is 73.8 cm³/mol. The first kappa shape index (κ1) is 13.4. The molecule has 1 aromatic carbocycles. The first-order valence-corrected chi connectivity index (χ1v) is 6.52. The highest BCUT2D eigenvalue weighted by Gasteiger charge is 2.18. The molecular formula is C14H14O4S. The second kappa shape index (κ2) is 5.75. The van der Waals surface area contributed by atoms with Gasteiger partial charge in [-0.15, -0.1) is 0 Å². The summed E-state index contributed by atoms with van der Waals surface area (Å²) in [6, 6.07) is 5.10. The molecule has 0 saturated heterocycles. The van der Waals surface area contributed by atoms with Crippen molar-refractivity contribution in [2.45, 2.75) is 0 Å². The number of carbonyl (C=O) groups excluding carboxylic acids is 1. The lowest BCUT2D eigenvalue weighted by Crippen LogP contribution is -2.03. The van der Waals surface area contributed by atoms with E-state index < -0.39 is 0 Å². The molecule has 0 atom stereocenters. The Bertz CT molecular complexity index is 550. The molecule has 0 fully saturated rings. The van der Waals surface area contributed by atoms with Crippen molar-refractivity contribution in [3.63, 3.8) is 0 Å². The Labute approximate surface area is 115 Å². The molecule has 0 aliphatic rings. The van der Waals surface area contributed by atoms with Gasteiger partial charge in [-0.25, -0.2) is 0 Å². The van der Waals surface area contributed by atoms with Gasteiger partial charge in [0.05, 0.1) is 21.3 Å². The van der Waals surface area contributed by atoms with Gasteiger partial charge in [0, 0.05) is 16.5 Å². The molecule has 2 rings (SSSR count). The van der Waals surface area contributed by atoms with Crippen molar-refractivity contribution in [2.24, 2.45) is 0 Å². The summed E-state index contributed by atoms with van der Waals surface area (Å²) in [5.74, 6) is 1.35. The Balaban J connectivity index is 2.50. The summed E-state index contributed by atoms with van der Waals surface area (Å²) < 4.78 is 15.7. The second-order valence-electron chi connectivity index (χ2n) is 3.76. The van der Waals surface area contributed by atoms with Crippen molar-refractivity contribution >= 4 is 17.1 Å². The fraction of sp³-hybridized carbons (Fsp3) is 0.214. The third-order valence-electron chi connectivity index (χ3n) is 2.71. The summed E-state index contributed by atoms with van der Waals surface area (Å²) in [7, 11) is 4.58. The third kappa shape index (κ3) is 2.56. The van der Waals surface area contributed by atoms with E-state index in [4.69, 9.17) is 14.2 Å². The molecule has 0 aliphatic carbocycles. The molecule has 0 aliphatic heterocycles. The number of hydrogen-bond donors (Lipinski definition) is 0.